The van der Waals surface area contributed by atoms with Crippen molar-refractivity contribution in [2.45, 2.75) is 35.7 Å². The molecule has 0 bridgehead atoms. The second-order valence-corrected chi connectivity index (χ2v) is 9.04. The summed E-state index contributed by atoms with van der Waals surface area (Å²) in [6.07, 6.45) is -0.545. The molecule has 0 saturated heterocycles. The lowest BCUT2D eigenvalue weighted by atomic mass is 10.1. The van der Waals surface area contributed by atoms with Crippen molar-refractivity contribution in [2.75, 3.05) is 0 Å². The number of carboxylic acid groups (broad SMARTS) is 1. The Balaban J connectivity index is 1.74. The van der Waals surface area contributed by atoms with Gasteiger partial charge in [0.05, 0.1) is 9.79 Å². The summed E-state index contributed by atoms with van der Waals surface area (Å²) in [4.78, 5) is 13.3. The highest BCUT2D eigenvalue weighted by Gasteiger charge is 2.21. The van der Waals surface area contributed by atoms with Crippen LogP contribution in [0.25, 0.3) is 0 Å². The molecule has 3 rings (SSSR count). The molecule has 0 fully saturated rings. The van der Waals surface area contributed by atoms with Crippen LogP contribution in [0.3, 0.4) is 0 Å². The van der Waals surface area contributed by atoms with E-state index in [0.717, 1.165) is 11.1 Å². The van der Waals surface area contributed by atoms with E-state index < -0.39 is 15.9 Å². The molecule has 7 heteroatoms. The molecule has 1 amide bonds. The summed E-state index contributed by atoms with van der Waals surface area (Å²) in [6, 6.07) is 20.9. The number of benzene rings is 3. The van der Waals surface area contributed by atoms with Crippen LogP contribution in [0.4, 0.5) is 4.79 Å². The molecule has 0 heterocycles. The van der Waals surface area contributed by atoms with Crippen molar-refractivity contribution < 1.29 is 23.4 Å². The standard InChI is InChI=1S/C23H23NO5S/c1-17(24(23(26)27)16-19-5-3-2-4-6-19)15-18-7-11-21(12-8-18)30(28,29)22-13-9-20(25)10-14-22/h2-14,17,25H,15-16H2,1H3,(H,26,27)/t17-/m1/s1. The average molecular weight is 426 g/mol. The number of sulfone groups is 1. The zero-order valence-corrected chi connectivity index (χ0v) is 17.3. The molecule has 3 aromatic rings. The van der Waals surface area contributed by atoms with E-state index in [1.54, 1.807) is 12.1 Å². The first-order valence-corrected chi connectivity index (χ1v) is 10.9. The molecular formula is C23H23NO5S. The zero-order chi connectivity index (χ0) is 21.7. The van der Waals surface area contributed by atoms with Crippen molar-refractivity contribution in [1.82, 2.24) is 4.90 Å². The maximum Gasteiger partial charge on any atom is 0.407 e. The van der Waals surface area contributed by atoms with Crippen LogP contribution >= 0.6 is 0 Å². The summed E-state index contributed by atoms with van der Waals surface area (Å²) in [6.45, 7) is 2.11. The van der Waals surface area contributed by atoms with E-state index >= 15 is 0 Å². The molecule has 30 heavy (non-hydrogen) atoms. The number of phenolic OH excluding ortho intramolecular Hbond substituents is 1. The van der Waals surface area contributed by atoms with E-state index in [9.17, 15) is 23.4 Å². The van der Waals surface area contributed by atoms with Gasteiger partial charge in [-0.25, -0.2) is 13.2 Å². The van der Waals surface area contributed by atoms with Gasteiger partial charge in [0.1, 0.15) is 5.75 Å². The Morgan fingerprint density at radius 2 is 1.40 bits per heavy atom. The van der Waals surface area contributed by atoms with Gasteiger partial charge < -0.3 is 15.1 Å². The normalized spacial score (nSPS) is 12.3. The Bertz CT molecular complexity index is 1090. The van der Waals surface area contributed by atoms with Crippen LogP contribution in [0.5, 0.6) is 5.75 Å². The minimum absolute atomic E-state index is 0.00299. The molecule has 0 aliphatic heterocycles. The van der Waals surface area contributed by atoms with Gasteiger partial charge in [0, 0.05) is 12.6 Å². The van der Waals surface area contributed by atoms with Gasteiger partial charge in [0.2, 0.25) is 9.84 Å². The monoisotopic (exact) mass is 425 g/mol. The fourth-order valence-corrected chi connectivity index (χ4v) is 4.47. The van der Waals surface area contributed by atoms with E-state index in [0.29, 0.717) is 6.42 Å². The maximum atomic E-state index is 12.7. The molecule has 156 valence electrons. The smallest absolute Gasteiger partial charge is 0.407 e. The fraction of sp³-hybridized carbons (Fsp3) is 0.174. The van der Waals surface area contributed by atoms with Gasteiger partial charge in [-0.05, 0) is 60.9 Å². The lowest BCUT2D eigenvalue weighted by Crippen LogP contribution is -2.38. The van der Waals surface area contributed by atoms with Gasteiger partial charge in [-0.1, -0.05) is 42.5 Å². The summed E-state index contributed by atoms with van der Waals surface area (Å²) in [5.74, 6) is -0.00299. The third-order valence-corrected chi connectivity index (χ3v) is 6.67. The molecule has 0 aromatic heterocycles. The first-order chi connectivity index (χ1) is 14.3. The Labute approximate surface area is 176 Å². The molecular weight excluding hydrogens is 402 g/mol. The summed E-state index contributed by atoms with van der Waals surface area (Å²) >= 11 is 0. The number of carbonyl (C=O) groups is 1. The number of hydrogen-bond acceptors (Lipinski definition) is 4. The van der Waals surface area contributed by atoms with E-state index in [2.05, 4.69) is 0 Å². The number of amides is 1. The summed E-state index contributed by atoms with van der Waals surface area (Å²) in [5, 5.41) is 19.0. The van der Waals surface area contributed by atoms with Crippen LogP contribution in [0.2, 0.25) is 0 Å². The highest BCUT2D eigenvalue weighted by Crippen LogP contribution is 2.23. The predicted octanol–water partition coefficient (Wildman–Crippen LogP) is 4.34. The topological polar surface area (TPSA) is 94.9 Å². The van der Waals surface area contributed by atoms with E-state index in [-0.39, 0.29) is 28.1 Å². The van der Waals surface area contributed by atoms with Gasteiger partial charge >= 0.3 is 6.09 Å². The predicted molar refractivity (Wildman–Crippen MR) is 113 cm³/mol. The van der Waals surface area contributed by atoms with Crippen molar-refractivity contribution in [1.29, 1.82) is 0 Å². The van der Waals surface area contributed by atoms with Gasteiger partial charge in [0.15, 0.2) is 0 Å². The fourth-order valence-electron chi connectivity index (χ4n) is 3.21. The molecule has 3 aromatic carbocycles. The van der Waals surface area contributed by atoms with Crippen LogP contribution in [0, 0.1) is 0 Å². The molecule has 0 saturated carbocycles. The number of aromatic hydroxyl groups is 1. The minimum atomic E-state index is -3.69. The van der Waals surface area contributed by atoms with Crippen LogP contribution in [0.15, 0.2) is 88.7 Å². The molecule has 6 nitrogen and oxygen atoms in total. The van der Waals surface area contributed by atoms with Crippen LogP contribution in [-0.4, -0.2) is 35.7 Å². The first kappa shape index (κ1) is 21.4. The molecule has 0 spiro atoms. The van der Waals surface area contributed by atoms with Crippen molar-refractivity contribution in [3.05, 3.63) is 90.0 Å². The Morgan fingerprint density at radius 3 is 1.93 bits per heavy atom. The number of nitrogens with zero attached hydrogens (tertiary/aromatic N) is 1. The second kappa shape index (κ2) is 9.00. The van der Waals surface area contributed by atoms with Crippen molar-refractivity contribution >= 4 is 15.9 Å². The summed E-state index contributed by atoms with van der Waals surface area (Å²) < 4.78 is 25.4. The maximum absolute atomic E-state index is 12.7. The Hall–Kier alpha value is -3.32. The molecule has 0 aliphatic rings. The number of hydrogen-bond donors (Lipinski definition) is 2. The zero-order valence-electron chi connectivity index (χ0n) is 16.5. The SMILES string of the molecule is C[C@H](Cc1ccc(S(=O)(=O)c2ccc(O)cc2)cc1)N(Cc1ccccc1)C(=O)O. The highest BCUT2D eigenvalue weighted by molar-refractivity contribution is 7.91. The van der Waals surface area contributed by atoms with Crippen LogP contribution < -0.4 is 0 Å². The van der Waals surface area contributed by atoms with Crippen LogP contribution in [0.1, 0.15) is 18.1 Å². The van der Waals surface area contributed by atoms with E-state index in [1.807, 2.05) is 37.3 Å². The van der Waals surface area contributed by atoms with Gasteiger partial charge in [0.25, 0.3) is 0 Å². The van der Waals surface area contributed by atoms with Gasteiger partial charge in [-0.2, -0.15) is 0 Å². The lowest BCUT2D eigenvalue weighted by Gasteiger charge is -2.26. The molecule has 0 unspecified atom stereocenters. The van der Waals surface area contributed by atoms with Crippen molar-refractivity contribution in [3.63, 3.8) is 0 Å². The minimum Gasteiger partial charge on any atom is -0.508 e. The number of rotatable bonds is 7. The average Bonchev–Trinajstić information content (AvgIpc) is 2.73. The second-order valence-electron chi connectivity index (χ2n) is 7.09. The van der Waals surface area contributed by atoms with E-state index in [4.69, 9.17) is 0 Å². The Morgan fingerprint density at radius 1 is 0.867 bits per heavy atom. The van der Waals surface area contributed by atoms with Crippen LogP contribution in [-0.2, 0) is 22.8 Å². The summed E-state index contributed by atoms with van der Waals surface area (Å²) in [5.41, 5.74) is 1.74. The molecule has 2 N–H and O–H groups in total. The van der Waals surface area contributed by atoms with Gasteiger partial charge in [-0.15, -0.1) is 0 Å². The molecule has 0 radical (unpaired) electrons. The van der Waals surface area contributed by atoms with E-state index in [1.165, 1.54) is 41.3 Å². The van der Waals surface area contributed by atoms with Crippen molar-refractivity contribution in [2.24, 2.45) is 0 Å². The van der Waals surface area contributed by atoms with Crippen molar-refractivity contribution in [3.8, 4) is 5.75 Å². The third kappa shape index (κ3) is 4.99. The first-order valence-electron chi connectivity index (χ1n) is 9.44. The number of phenols is 1. The molecule has 0 aliphatic carbocycles. The largest absolute Gasteiger partial charge is 0.508 e. The lowest BCUT2D eigenvalue weighted by molar-refractivity contribution is 0.124. The molecule has 1 atom stereocenters. The Kier molecular flexibility index (Phi) is 6.42. The summed E-state index contributed by atoms with van der Waals surface area (Å²) in [7, 11) is -3.69. The quantitative estimate of drug-likeness (QED) is 0.587. The third-order valence-electron chi connectivity index (χ3n) is 4.89. The highest BCUT2D eigenvalue weighted by atomic mass is 32.2. The van der Waals surface area contributed by atoms with Gasteiger partial charge in [-0.3, -0.25) is 0 Å².